The average molecular weight is 343 g/mol. The van der Waals surface area contributed by atoms with Gasteiger partial charge in [-0.1, -0.05) is 6.42 Å². The fourth-order valence-electron chi connectivity index (χ4n) is 2.70. The Balaban J connectivity index is 1.86. The number of aromatic nitrogens is 1. The van der Waals surface area contributed by atoms with Crippen molar-refractivity contribution in [3.63, 3.8) is 0 Å². The topological polar surface area (TPSA) is 71.3 Å². The molecule has 2 unspecified atom stereocenters. The molecule has 0 radical (unpaired) electrons. The van der Waals surface area contributed by atoms with Crippen molar-refractivity contribution in [2.24, 2.45) is 11.8 Å². The van der Waals surface area contributed by atoms with Gasteiger partial charge < -0.3 is 15.0 Å². The molecule has 1 heterocycles. The molecule has 1 aliphatic carbocycles. The zero-order valence-corrected chi connectivity index (χ0v) is 12.8. The van der Waals surface area contributed by atoms with E-state index in [9.17, 15) is 14.7 Å². The second kappa shape index (κ2) is 7.04. The van der Waals surface area contributed by atoms with Gasteiger partial charge in [-0.2, -0.15) is 0 Å². The molecule has 2 N–H and O–H groups in total. The molecule has 6 heteroatoms. The molecule has 1 aromatic rings. The lowest BCUT2D eigenvalue weighted by Gasteiger charge is -2.18. The molecule has 110 valence electrons. The number of amides is 1. The largest absolute Gasteiger partial charge is 0.396 e. The molecule has 1 fully saturated rings. The minimum absolute atomic E-state index is 0.0226. The van der Waals surface area contributed by atoms with Crippen LogP contribution in [0.5, 0.6) is 0 Å². The molecule has 1 saturated carbocycles. The van der Waals surface area contributed by atoms with Crippen molar-refractivity contribution in [2.45, 2.75) is 25.8 Å². The highest BCUT2D eigenvalue weighted by Crippen LogP contribution is 2.30. The van der Waals surface area contributed by atoms with E-state index in [0.717, 1.165) is 23.7 Å². The van der Waals surface area contributed by atoms with Gasteiger partial charge in [-0.25, -0.2) is 0 Å². The second-order valence-electron chi connectivity index (χ2n) is 5.25. The van der Waals surface area contributed by atoms with E-state index in [1.165, 1.54) is 10.6 Å². The van der Waals surface area contributed by atoms with Gasteiger partial charge in [0, 0.05) is 29.9 Å². The van der Waals surface area contributed by atoms with Crippen molar-refractivity contribution in [3.05, 3.63) is 33.2 Å². The Bertz CT molecular complexity index is 529. The standard InChI is InChI=1S/C14H19BrN2O3/c15-12-4-5-14(20)17(7-12)8-13(19)16-6-10-2-1-3-11(10)9-18/h4-5,7,10-11,18H,1-3,6,8-9H2,(H,16,19). The zero-order chi connectivity index (χ0) is 14.5. The number of hydrogen-bond acceptors (Lipinski definition) is 3. The van der Waals surface area contributed by atoms with E-state index in [1.807, 2.05) is 0 Å². The van der Waals surface area contributed by atoms with E-state index in [1.54, 1.807) is 12.3 Å². The van der Waals surface area contributed by atoms with Crippen molar-refractivity contribution in [3.8, 4) is 0 Å². The summed E-state index contributed by atoms with van der Waals surface area (Å²) in [5.41, 5.74) is -0.197. The Labute approximate surface area is 126 Å². The fourth-order valence-corrected chi connectivity index (χ4v) is 3.08. The predicted molar refractivity (Wildman–Crippen MR) is 79.3 cm³/mol. The summed E-state index contributed by atoms with van der Waals surface area (Å²) in [6, 6.07) is 3.08. The van der Waals surface area contributed by atoms with E-state index in [-0.39, 0.29) is 24.6 Å². The number of carbonyl (C=O) groups is 1. The Hall–Kier alpha value is -1.14. The number of aliphatic hydroxyl groups is 1. The molecule has 1 aliphatic rings. The van der Waals surface area contributed by atoms with Crippen LogP contribution in [-0.2, 0) is 11.3 Å². The molecule has 0 bridgehead atoms. The van der Waals surface area contributed by atoms with Crippen molar-refractivity contribution in [2.75, 3.05) is 13.2 Å². The Morgan fingerprint density at radius 3 is 2.90 bits per heavy atom. The monoisotopic (exact) mass is 342 g/mol. The van der Waals surface area contributed by atoms with Crippen LogP contribution in [0.1, 0.15) is 19.3 Å². The first-order valence-corrected chi connectivity index (χ1v) is 7.63. The number of nitrogens with one attached hydrogen (secondary N) is 1. The Morgan fingerprint density at radius 2 is 2.15 bits per heavy atom. The maximum absolute atomic E-state index is 11.9. The number of rotatable bonds is 5. The average Bonchev–Trinajstić information content (AvgIpc) is 2.88. The lowest BCUT2D eigenvalue weighted by molar-refractivity contribution is -0.122. The molecule has 2 rings (SSSR count). The van der Waals surface area contributed by atoms with Crippen LogP contribution in [0.3, 0.4) is 0 Å². The third-order valence-corrected chi connectivity index (χ3v) is 4.34. The van der Waals surface area contributed by atoms with Crippen LogP contribution in [0.4, 0.5) is 0 Å². The van der Waals surface area contributed by atoms with Crippen molar-refractivity contribution in [1.29, 1.82) is 0 Å². The lowest BCUT2D eigenvalue weighted by atomic mass is 9.97. The van der Waals surface area contributed by atoms with Gasteiger partial charge in [-0.3, -0.25) is 9.59 Å². The molecular formula is C14H19BrN2O3. The number of carbonyl (C=O) groups excluding carboxylic acids is 1. The molecule has 1 amide bonds. The van der Waals surface area contributed by atoms with Gasteiger partial charge in [0.2, 0.25) is 5.91 Å². The fraction of sp³-hybridized carbons (Fsp3) is 0.571. The van der Waals surface area contributed by atoms with Gasteiger partial charge >= 0.3 is 0 Å². The lowest BCUT2D eigenvalue weighted by Crippen LogP contribution is -2.36. The minimum atomic E-state index is -0.197. The molecule has 20 heavy (non-hydrogen) atoms. The SMILES string of the molecule is O=C(Cn1cc(Br)ccc1=O)NCC1CCCC1CO. The molecule has 0 spiro atoms. The van der Waals surface area contributed by atoms with Crippen LogP contribution in [0.25, 0.3) is 0 Å². The van der Waals surface area contributed by atoms with Crippen LogP contribution < -0.4 is 10.9 Å². The number of nitrogens with zero attached hydrogens (tertiary/aromatic N) is 1. The molecule has 1 aromatic heterocycles. The van der Waals surface area contributed by atoms with Gasteiger partial charge in [-0.15, -0.1) is 0 Å². The maximum Gasteiger partial charge on any atom is 0.251 e. The smallest absolute Gasteiger partial charge is 0.251 e. The van der Waals surface area contributed by atoms with E-state index >= 15 is 0 Å². The summed E-state index contributed by atoms with van der Waals surface area (Å²) in [5, 5.41) is 12.1. The quantitative estimate of drug-likeness (QED) is 0.842. The number of aliphatic hydroxyl groups excluding tert-OH is 1. The van der Waals surface area contributed by atoms with Crippen LogP contribution in [0.2, 0.25) is 0 Å². The van der Waals surface area contributed by atoms with E-state index in [2.05, 4.69) is 21.2 Å². The molecular weight excluding hydrogens is 324 g/mol. The molecule has 0 aliphatic heterocycles. The first-order valence-electron chi connectivity index (χ1n) is 6.83. The van der Waals surface area contributed by atoms with Crippen LogP contribution in [0.15, 0.2) is 27.6 Å². The van der Waals surface area contributed by atoms with Crippen molar-refractivity contribution < 1.29 is 9.90 Å². The predicted octanol–water partition coefficient (Wildman–Crippen LogP) is 1.14. The summed E-state index contributed by atoms with van der Waals surface area (Å²) in [5.74, 6) is 0.473. The number of hydrogen-bond donors (Lipinski definition) is 2. The normalized spacial score (nSPS) is 21.9. The summed E-state index contributed by atoms with van der Waals surface area (Å²) in [6.45, 7) is 0.785. The van der Waals surface area contributed by atoms with Crippen LogP contribution >= 0.6 is 15.9 Å². The van der Waals surface area contributed by atoms with E-state index in [0.29, 0.717) is 18.4 Å². The second-order valence-corrected chi connectivity index (χ2v) is 6.17. The Morgan fingerprint density at radius 1 is 1.40 bits per heavy atom. The molecule has 2 atom stereocenters. The highest BCUT2D eigenvalue weighted by molar-refractivity contribution is 9.10. The molecule has 0 saturated heterocycles. The van der Waals surface area contributed by atoms with Crippen LogP contribution in [0, 0.1) is 11.8 Å². The third-order valence-electron chi connectivity index (χ3n) is 3.87. The van der Waals surface area contributed by atoms with Gasteiger partial charge in [0.25, 0.3) is 5.56 Å². The summed E-state index contributed by atoms with van der Waals surface area (Å²) in [4.78, 5) is 23.5. The molecule has 0 aromatic carbocycles. The summed E-state index contributed by atoms with van der Waals surface area (Å²) in [7, 11) is 0. The van der Waals surface area contributed by atoms with E-state index in [4.69, 9.17) is 0 Å². The highest BCUT2D eigenvalue weighted by Gasteiger charge is 2.26. The van der Waals surface area contributed by atoms with Gasteiger partial charge in [-0.05, 0) is 46.7 Å². The maximum atomic E-state index is 11.9. The minimum Gasteiger partial charge on any atom is -0.396 e. The molecule has 5 nitrogen and oxygen atoms in total. The third kappa shape index (κ3) is 3.93. The van der Waals surface area contributed by atoms with Crippen LogP contribution in [-0.4, -0.2) is 28.7 Å². The summed E-state index contributed by atoms with van der Waals surface area (Å²) < 4.78 is 2.14. The number of halogens is 1. The zero-order valence-electron chi connectivity index (χ0n) is 11.2. The highest BCUT2D eigenvalue weighted by atomic mass is 79.9. The van der Waals surface area contributed by atoms with Crippen molar-refractivity contribution in [1.82, 2.24) is 9.88 Å². The van der Waals surface area contributed by atoms with Crippen molar-refractivity contribution >= 4 is 21.8 Å². The Kier molecular flexibility index (Phi) is 5.37. The number of pyridine rings is 1. The van der Waals surface area contributed by atoms with Gasteiger partial charge in [0.1, 0.15) is 6.54 Å². The van der Waals surface area contributed by atoms with E-state index < -0.39 is 0 Å². The first kappa shape index (κ1) is 15.3. The van der Waals surface area contributed by atoms with Gasteiger partial charge in [0.05, 0.1) is 0 Å². The first-order chi connectivity index (χ1) is 9.60. The summed E-state index contributed by atoms with van der Waals surface area (Å²) in [6.07, 6.45) is 4.79. The summed E-state index contributed by atoms with van der Waals surface area (Å²) >= 11 is 3.28. The van der Waals surface area contributed by atoms with Gasteiger partial charge in [0.15, 0.2) is 0 Å².